The largest absolute Gasteiger partial charge is 0.378 e. The first kappa shape index (κ1) is 9.83. The highest BCUT2D eigenvalue weighted by molar-refractivity contribution is 5.67. The van der Waals surface area contributed by atoms with Crippen LogP contribution in [0.25, 0.3) is 5.70 Å². The van der Waals surface area contributed by atoms with E-state index in [4.69, 9.17) is 0 Å². The van der Waals surface area contributed by atoms with Gasteiger partial charge in [0.2, 0.25) is 0 Å². The van der Waals surface area contributed by atoms with E-state index in [1.807, 2.05) is 0 Å². The average Bonchev–Trinajstić information content (AvgIpc) is 2.20. The summed E-state index contributed by atoms with van der Waals surface area (Å²) in [5, 5.41) is 2.70. The van der Waals surface area contributed by atoms with Gasteiger partial charge in [0, 0.05) is 17.3 Å². The molecule has 15 heavy (non-hydrogen) atoms. The Morgan fingerprint density at radius 3 is 2.47 bits per heavy atom. The van der Waals surface area contributed by atoms with Crippen LogP contribution >= 0.6 is 0 Å². The van der Waals surface area contributed by atoms with Gasteiger partial charge in [0.1, 0.15) is 17.5 Å². The van der Waals surface area contributed by atoms with Gasteiger partial charge in [-0.2, -0.15) is 0 Å². The lowest BCUT2D eigenvalue weighted by Gasteiger charge is -2.14. The number of dihydropyridines is 1. The number of rotatable bonds is 1. The molecule has 0 atom stereocenters. The first-order chi connectivity index (χ1) is 7.16. The van der Waals surface area contributed by atoms with Gasteiger partial charge in [0.15, 0.2) is 0 Å². The van der Waals surface area contributed by atoms with Crippen molar-refractivity contribution < 1.29 is 13.2 Å². The van der Waals surface area contributed by atoms with E-state index in [0.717, 1.165) is 12.1 Å². The van der Waals surface area contributed by atoms with Gasteiger partial charge in [0.05, 0.1) is 6.54 Å². The number of hydrogen-bond acceptors (Lipinski definition) is 1. The minimum Gasteiger partial charge on any atom is -0.378 e. The van der Waals surface area contributed by atoms with Crippen molar-refractivity contribution in [1.29, 1.82) is 0 Å². The van der Waals surface area contributed by atoms with Crippen LogP contribution in [0.3, 0.4) is 0 Å². The Morgan fingerprint density at radius 2 is 1.87 bits per heavy atom. The fourth-order valence-electron chi connectivity index (χ4n) is 1.36. The van der Waals surface area contributed by atoms with Crippen LogP contribution in [-0.4, -0.2) is 6.54 Å². The third-order valence-corrected chi connectivity index (χ3v) is 2.10. The molecule has 2 rings (SSSR count). The molecule has 0 spiro atoms. The molecule has 0 fully saturated rings. The summed E-state index contributed by atoms with van der Waals surface area (Å²) in [5.41, 5.74) is 0.689. The minimum atomic E-state index is -0.663. The summed E-state index contributed by atoms with van der Waals surface area (Å²) >= 11 is 0. The van der Waals surface area contributed by atoms with E-state index < -0.39 is 11.6 Å². The fourth-order valence-corrected chi connectivity index (χ4v) is 1.36. The minimum absolute atomic E-state index is 0.0304. The highest BCUT2D eigenvalue weighted by Gasteiger charge is 2.11. The highest BCUT2D eigenvalue weighted by atomic mass is 19.1. The van der Waals surface area contributed by atoms with Crippen molar-refractivity contribution in [3.05, 3.63) is 53.4 Å². The summed E-state index contributed by atoms with van der Waals surface area (Å²) in [6.07, 6.45) is 2.68. The molecule has 1 aliphatic rings. The van der Waals surface area contributed by atoms with Crippen molar-refractivity contribution in [2.45, 2.75) is 0 Å². The molecule has 1 aromatic rings. The molecule has 0 aromatic heterocycles. The number of nitrogens with one attached hydrogen (secondary N) is 1. The summed E-state index contributed by atoms with van der Waals surface area (Å²) in [7, 11) is 0. The second kappa shape index (κ2) is 3.81. The molecule has 0 bridgehead atoms. The predicted molar refractivity (Wildman–Crippen MR) is 51.5 cm³/mol. The Kier molecular flexibility index (Phi) is 2.49. The van der Waals surface area contributed by atoms with Crippen LogP contribution in [0, 0.1) is 11.6 Å². The maximum atomic E-state index is 13.3. The van der Waals surface area contributed by atoms with Crippen LogP contribution in [0.2, 0.25) is 0 Å². The Labute approximate surface area is 84.9 Å². The van der Waals surface area contributed by atoms with Crippen molar-refractivity contribution in [2.75, 3.05) is 6.54 Å². The van der Waals surface area contributed by atoms with Crippen LogP contribution in [0.15, 0.2) is 36.2 Å². The van der Waals surface area contributed by atoms with E-state index in [-0.39, 0.29) is 17.9 Å². The number of benzene rings is 1. The number of allylic oxidation sites excluding steroid dienone is 2. The summed E-state index contributed by atoms with van der Waals surface area (Å²) in [6, 6.07) is 3.28. The van der Waals surface area contributed by atoms with E-state index in [1.165, 1.54) is 18.2 Å². The van der Waals surface area contributed by atoms with Gasteiger partial charge in [-0.1, -0.05) is 0 Å². The van der Waals surface area contributed by atoms with E-state index in [1.54, 1.807) is 0 Å². The van der Waals surface area contributed by atoms with Gasteiger partial charge < -0.3 is 5.32 Å². The van der Waals surface area contributed by atoms with Gasteiger partial charge in [-0.15, -0.1) is 0 Å². The van der Waals surface area contributed by atoms with E-state index in [0.29, 0.717) is 5.70 Å². The Balaban J connectivity index is 2.38. The normalized spacial score (nSPS) is 15.4. The molecule has 1 aliphatic heterocycles. The SMILES string of the molecule is FC1=CC=C(c2ccc(F)cc2F)NC1. The lowest BCUT2D eigenvalue weighted by atomic mass is 10.1. The molecular formula is C11H8F3N. The molecule has 1 aromatic carbocycles. The Hall–Kier alpha value is -1.71. The van der Waals surface area contributed by atoms with Gasteiger partial charge >= 0.3 is 0 Å². The zero-order valence-corrected chi connectivity index (χ0v) is 7.73. The lowest BCUT2D eigenvalue weighted by Crippen LogP contribution is -2.17. The summed E-state index contributed by atoms with van der Waals surface area (Å²) in [5.74, 6) is -1.61. The molecule has 0 saturated carbocycles. The zero-order valence-electron chi connectivity index (χ0n) is 7.73. The second-order valence-electron chi connectivity index (χ2n) is 3.17. The maximum absolute atomic E-state index is 13.3. The number of halogens is 3. The van der Waals surface area contributed by atoms with Crippen LogP contribution in [-0.2, 0) is 0 Å². The van der Waals surface area contributed by atoms with Crippen LogP contribution < -0.4 is 5.32 Å². The summed E-state index contributed by atoms with van der Waals surface area (Å²) < 4.78 is 38.6. The van der Waals surface area contributed by atoms with Gasteiger partial charge in [0.25, 0.3) is 0 Å². The van der Waals surface area contributed by atoms with E-state index >= 15 is 0 Å². The van der Waals surface area contributed by atoms with Gasteiger partial charge in [-0.25, -0.2) is 13.2 Å². The average molecular weight is 211 g/mol. The molecule has 4 heteroatoms. The number of hydrogen-bond donors (Lipinski definition) is 1. The molecule has 0 unspecified atom stereocenters. The summed E-state index contributed by atoms with van der Waals surface area (Å²) in [6.45, 7) is 0.0304. The summed E-state index contributed by atoms with van der Waals surface area (Å²) in [4.78, 5) is 0. The van der Waals surface area contributed by atoms with Crippen molar-refractivity contribution in [2.24, 2.45) is 0 Å². The molecular weight excluding hydrogens is 203 g/mol. The lowest BCUT2D eigenvalue weighted by molar-refractivity contribution is 0.576. The topological polar surface area (TPSA) is 12.0 Å². The first-order valence-electron chi connectivity index (χ1n) is 4.42. The quantitative estimate of drug-likeness (QED) is 0.753. The second-order valence-corrected chi connectivity index (χ2v) is 3.17. The standard InChI is InChI=1S/C11H8F3N/c12-7-1-3-9(10(14)5-7)11-4-2-8(13)6-15-11/h1-5,15H,6H2. The van der Waals surface area contributed by atoms with Crippen molar-refractivity contribution >= 4 is 5.70 Å². The molecule has 0 saturated heterocycles. The third kappa shape index (κ3) is 2.03. The predicted octanol–water partition coefficient (Wildman–Crippen LogP) is 2.76. The van der Waals surface area contributed by atoms with E-state index in [9.17, 15) is 13.2 Å². The molecule has 0 amide bonds. The smallest absolute Gasteiger partial charge is 0.135 e. The highest BCUT2D eigenvalue weighted by Crippen LogP contribution is 2.20. The zero-order chi connectivity index (χ0) is 10.8. The first-order valence-corrected chi connectivity index (χ1v) is 4.42. The molecule has 0 aliphatic carbocycles. The van der Waals surface area contributed by atoms with Crippen LogP contribution in [0.1, 0.15) is 5.56 Å². The van der Waals surface area contributed by atoms with Crippen molar-refractivity contribution in [3.63, 3.8) is 0 Å². The van der Waals surface area contributed by atoms with Crippen LogP contribution in [0.4, 0.5) is 13.2 Å². The van der Waals surface area contributed by atoms with Gasteiger partial charge in [-0.3, -0.25) is 0 Å². The maximum Gasteiger partial charge on any atom is 0.135 e. The van der Waals surface area contributed by atoms with Crippen molar-refractivity contribution in [3.8, 4) is 0 Å². The fraction of sp³-hybridized carbons (Fsp3) is 0.0909. The Bertz CT molecular complexity index is 449. The van der Waals surface area contributed by atoms with Crippen LogP contribution in [0.5, 0.6) is 0 Å². The van der Waals surface area contributed by atoms with E-state index in [2.05, 4.69) is 5.32 Å². The van der Waals surface area contributed by atoms with Crippen molar-refractivity contribution in [1.82, 2.24) is 5.32 Å². The molecule has 1 heterocycles. The molecule has 1 nitrogen and oxygen atoms in total. The monoisotopic (exact) mass is 211 g/mol. The molecule has 1 N–H and O–H groups in total. The Morgan fingerprint density at radius 1 is 1.07 bits per heavy atom. The third-order valence-electron chi connectivity index (χ3n) is 2.10. The molecule has 78 valence electrons. The van der Waals surface area contributed by atoms with Gasteiger partial charge in [-0.05, 0) is 24.3 Å². The molecule has 0 radical (unpaired) electrons.